The Morgan fingerprint density at radius 3 is 2.29 bits per heavy atom. The molecule has 0 saturated carbocycles. The van der Waals surface area contributed by atoms with Gasteiger partial charge in [-0.25, -0.2) is 8.42 Å². The van der Waals surface area contributed by atoms with E-state index in [1.54, 1.807) is 0 Å². The van der Waals surface area contributed by atoms with E-state index in [0.29, 0.717) is 18.7 Å². The molecule has 28 heavy (non-hydrogen) atoms. The third kappa shape index (κ3) is 4.73. The van der Waals surface area contributed by atoms with E-state index in [-0.39, 0.29) is 23.0 Å². The van der Waals surface area contributed by atoms with Crippen molar-refractivity contribution in [1.29, 1.82) is 0 Å². The first-order valence-electron chi connectivity index (χ1n) is 9.00. The SMILES string of the molecule is Cc1cc(I)ccc1NC(=O)c1ccc(S(=O)(=O)N2C[C@H](C)O[C@@H](C)C2)cc1. The van der Waals surface area contributed by atoms with E-state index in [0.717, 1.165) is 14.8 Å². The van der Waals surface area contributed by atoms with Gasteiger partial charge in [-0.05, 0) is 91.4 Å². The third-order valence-corrected chi connectivity index (χ3v) is 7.09. The lowest BCUT2D eigenvalue weighted by Gasteiger charge is -2.34. The average molecular weight is 514 g/mol. The van der Waals surface area contributed by atoms with Gasteiger partial charge in [-0.3, -0.25) is 4.79 Å². The molecule has 0 radical (unpaired) electrons. The zero-order valence-electron chi connectivity index (χ0n) is 16.0. The fourth-order valence-corrected chi connectivity index (χ4v) is 5.45. The number of halogens is 1. The molecule has 6 nitrogen and oxygen atoms in total. The summed E-state index contributed by atoms with van der Waals surface area (Å²) in [5, 5.41) is 2.87. The molecule has 0 spiro atoms. The number of carbonyl (C=O) groups is 1. The zero-order valence-corrected chi connectivity index (χ0v) is 19.0. The van der Waals surface area contributed by atoms with E-state index in [1.807, 2.05) is 39.0 Å². The predicted molar refractivity (Wildman–Crippen MR) is 117 cm³/mol. The van der Waals surface area contributed by atoms with E-state index in [1.165, 1.54) is 28.6 Å². The van der Waals surface area contributed by atoms with Crippen LogP contribution in [0.15, 0.2) is 47.4 Å². The quantitative estimate of drug-likeness (QED) is 0.633. The van der Waals surface area contributed by atoms with Crippen molar-refractivity contribution in [3.05, 3.63) is 57.2 Å². The summed E-state index contributed by atoms with van der Waals surface area (Å²) in [6.45, 7) is 6.29. The van der Waals surface area contributed by atoms with Gasteiger partial charge < -0.3 is 10.1 Å². The number of benzene rings is 2. The molecule has 1 fully saturated rings. The highest BCUT2D eigenvalue weighted by molar-refractivity contribution is 14.1. The largest absolute Gasteiger partial charge is 0.373 e. The number of carbonyl (C=O) groups excluding carboxylic acids is 1. The van der Waals surface area contributed by atoms with Crippen LogP contribution in [0.5, 0.6) is 0 Å². The molecule has 3 rings (SSSR count). The minimum absolute atomic E-state index is 0.152. The Bertz CT molecular complexity index is 966. The van der Waals surface area contributed by atoms with E-state index in [4.69, 9.17) is 4.74 Å². The molecule has 1 saturated heterocycles. The molecule has 2 aromatic carbocycles. The zero-order chi connectivity index (χ0) is 20.5. The number of anilines is 1. The standard InChI is InChI=1S/C20H23IN2O4S/c1-13-10-17(21)6-9-19(13)22-20(24)16-4-7-18(8-5-16)28(25,26)23-11-14(2)27-15(3)12-23/h4-10,14-15H,11-12H2,1-3H3,(H,22,24)/t14-,15-/m0/s1. The van der Waals surface area contributed by atoms with Crippen LogP contribution in [-0.4, -0.2) is 43.9 Å². The fourth-order valence-electron chi connectivity index (χ4n) is 3.22. The number of amides is 1. The molecule has 1 N–H and O–H groups in total. The van der Waals surface area contributed by atoms with Crippen LogP contribution < -0.4 is 5.32 Å². The summed E-state index contributed by atoms with van der Waals surface area (Å²) in [5.41, 5.74) is 2.11. The van der Waals surface area contributed by atoms with Gasteiger partial charge in [-0.1, -0.05) is 0 Å². The molecule has 2 aromatic rings. The Morgan fingerprint density at radius 2 is 1.71 bits per heavy atom. The van der Waals surface area contributed by atoms with E-state index < -0.39 is 10.0 Å². The number of ether oxygens (including phenoxy) is 1. The van der Waals surface area contributed by atoms with Crippen molar-refractivity contribution in [3.63, 3.8) is 0 Å². The maximum Gasteiger partial charge on any atom is 0.255 e. The molecule has 0 aromatic heterocycles. The minimum atomic E-state index is -3.62. The van der Waals surface area contributed by atoms with Gasteiger partial charge >= 0.3 is 0 Å². The number of nitrogens with one attached hydrogen (secondary N) is 1. The molecule has 8 heteroatoms. The molecule has 150 valence electrons. The summed E-state index contributed by atoms with van der Waals surface area (Å²) in [5.74, 6) is -0.276. The summed E-state index contributed by atoms with van der Waals surface area (Å²) >= 11 is 2.22. The number of hydrogen-bond donors (Lipinski definition) is 1. The smallest absolute Gasteiger partial charge is 0.255 e. The molecule has 2 atom stereocenters. The monoisotopic (exact) mass is 514 g/mol. The van der Waals surface area contributed by atoms with Crippen LogP contribution in [0.4, 0.5) is 5.69 Å². The molecule has 1 heterocycles. The Kier molecular flexibility index (Phi) is 6.43. The molecule has 1 aliphatic heterocycles. The maximum atomic E-state index is 12.9. The van der Waals surface area contributed by atoms with Gasteiger partial charge in [0.15, 0.2) is 0 Å². The first-order valence-corrected chi connectivity index (χ1v) is 11.5. The number of sulfonamides is 1. The minimum Gasteiger partial charge on any atom is -0.373 e. The van der Waals surface area contributed by atoms with Gasteiger partial charge in [0.2, 0.25) is 10.0 Å². The van der Waals surface area contributed by atoms with Crippen LogP contribution in [0.1, 0.15) is 29.8 Å². The number of hydrogen-bond acceptors (Lipinski definition) is 4. The second-order valence-electron chi connectivity index (χ2n) is 7.02. The fraction of sp³-hybridized carbons (Fsp3) is 0.350. The maximum absolute atomic E-state index is 12.9. The first kappa shape index (κ1) is 21.2. The van der Waals surface area contributed by atoms with Crippen molar-refractivity contribution in [3.8, 4) is 0 Å². The molecule has 0 bridgehead atoms. The molecular formula is C20H23IN2O4S. The first-order chi connectivity index (χ1) is 13.2. The highest BCUT2D eigenvalue weighted by Crippen LogP contribution is 2.22. The number of aryl methyl sites for hydroxylation is 1. The Labute approximate surface area is 179 Å². The van der Waals surface area contributed by atoms with Crippen molar-refractivity contribution < 1.29 is 17.9 Å². The molecule has 1 amide bonds. The van der Waals surface area contributed by atoms with Crippen molar-refractivity contribution >= 4 is 44.2 Å². The van der Waals surface area contributed by atoms with Gasteiger partial charge in [-0.2, -0.15) is 4.31 Å². The highest BCUT2D eigenvalue weighted by atomic mass is 127. The second kappa shape index (κ2) is 8.48. The number of nitrogens with zero attached hydrogens (tertiary/aromatic N) is 1. The van der Waals surface area contributed by atoms with E-state index in [2.05, 4.69) is 27.9 Å². The van der Waals surface area contributed by atoms with E-state index in [9.17, 15) is 13.2 Å². The van der Waals surface area contributed by atoms with Crippen LogP contribution in [-0.2, 0) is 14.8 Å². The number of rotatable bonds is 4. The van der Waals surface area contributed by atoms with Gasteiger partial charge in [-0.15, -0.1) is 0 Å². The summed E-state index contributed by atoms with van der Waals surface area (Å²) < 4.78 is 33.9. The van der Waals surface area contributed by atoms with Crippen molar-refractivity contribution in [2.24, 2.45) is 0 Å². The van der Waals surface area contributed by atoms with Crippen molar-refractivity contribution in [1.82, 2.24) is 4.31 Å². The third-order valence-electron chi connectivity index (χ3n) is 4.58. The van der Waals surface area contributed by atoms with Crippen LogP contribution in [0.25, 0.3) is 0 Å². The molecule has 0 aliphatic carbocycles. The van der Waals surface area contributed by atoms with E-state index >= 15 is 0 Å². The predicted octanol–water partition coefficient (Wildman–Crippen LogP) is 3.65. The van der Waals surface area contributed by atoms with Crippen LogP contribution in [0.2, 0.25) is 0 Å². The highest BCUT2D eigenvalue weighted by Gasteiger charge is 2.32. The van der Waals surface area contributed by atoms with Gasteiger partial charge in [0.1, 0.15) is 0 Å². The molecule has 1 aliphatic rings. The average Bonchev–Trinajstić information content (AvgIpc) is 2.63. The van der Waals surface area contributed by atoms with Crippen molar-refractivity contribution in [2.75, 3.05) is 18.4 Å². The van der Waals surface area contributed by atoms with Crippen LogP contribution in [0.3, 0.4) is 0 Å². The van der Waals surface area contributed by atoms with Crippen LogP contribution in [0, 0.1) is 10.5 Å². The topological polar surface area (TPSA) is 75.7 Å². The lowest BCUT2D eigenvalue weighted by atomic mass is 10.1. The lowest BCUT2D eigenvalue weighted by Crippen LogP contribution is -2.48. The van der Waals surface area contributed by atoms with Gasteiger partial charge in [0.05, 0.1) is 17.1 Å². The van der Waals surface area contributed by atoms with Gasteiger partial charge in [0.25, 0.3) is 5.91 Å². The summed E-state index contributed by atoms with van der Waals surface area (Å²) in [4.78, 5) is 12.7. The Balaban J connectivity index is 1.76. The lowest BCUT2D eigenvalue weighted by molar-refractivity contribution is -0.0440. The summed E-state index contributed by atoms with van der Waals surface area (Å²) in [6.07, 6.45) is -0.304. The second-order valence-corrected chi connectivity index (χ2v) is 10.2. The molecular weight excluding hydrogens is 491 g/mol. The summed E-state index contributed by atoms with van der Waals surface area (Å²) in [6, 6.07) is 11.8. The Hall–Kier alpha value is -1.49. The van der Waals surface area contributed by atoms with Crippen molar-refractivity contribution in [2.45, 2.75) is 37.9 Å². The molecule has 0 unspecified atom stereocenters. The number of morpholine rings is 1. The van der Waals surface area contributed by atoms with Gasteiger partial charge in [0, 0.05) is 27.9 Å². The normalized spacial score (nSPS) is 20.7. The Morgan fingerprint density at radius 1 is 1.11 bits per heavy atom. The van der Waals surface area contributed by atoms with Crippen LogP contribution >= 0.6 is 22.6 Å². The summed E-state index contributed by atoms with van der Waals surface area (Å²) in [7, 11) is -3.62.